The number of benzene rings is 2. The highest BCUT2D eigenvalue weighted by Crippen LogP contribution is 2.36. The number of hydrogen-bond acceptors (Lipinski definition) is 5. The van der Waals surface area contributed by atoms with Crippen LogP contribution in [0, 0.1) is 3.57 Å². The molecule has 28 heavy (non-hydrogen) atoms. The fourth-order valence-electron chi connectivity index (χ4n) is 2.43. The summed E-state index contributed by atoms with van der Waals surface area (Å²) in [5.41, 5.74) is 0.270. The maximum absolute atomic E-state index is 13.4. The van der Waals surface area contributed by atoms with Crippen LogP contribution in [0.15, 0.2) is 54.7 Å². The van der Waals surface area contributed by atoms with Gasteiger partial charge >= 0.3 is 6.18 Å². The molecule has 0 aliphatic heterocycles. The van der Waals surface area contributed by atoms with E-state index in [2.05, 4.69) is 37.9 Å². The molecule has 0 bridgehead atoms. The average molecular weight is 500 g/mol. The molecule has 0 atom stereocenters. The Morgan fingerprint density at radius 1 is 1.04 bits per heavy atom. The molecule has 0 spiro atoms. The minimum atomic E-state index is -4.59. The second-order valence-corrected chi connectivity index (χ2v) is 7.06. The number of halogens is 4. The van der Waals surface area contributed by atoms with Gasteiger partial charge in [0.2, 0.25) is 5.95 Å². The third-order valence-corrected chi connectivity index (χ3v) is 4.67. The lowest BCUT2D eigenvalue weighted by molar-refractivity contribution is -0.137. The van der Waals surface area contributed by atoms with E-state index in [1.165, 1.54) is 7.11 Å². The highest BCUT2D eigenvalue weighted by molar-refractivity contribution is 14.1. The second kappa shape index (κ2) is 8.21. The highest BCUT2D eigenvalue weighted by atomic mass is 127. The van der Waals surface area contributed by atoms with E-state index in [0.29, 0.717) is 11.4 Å². The minimum absolute atomic E-state index is 0.144. The van der Waals surface area contributed by atoms with E-state index < -0.39 is 11.7 Å². The number of aromatic nitrogens is 2. The van der Waals surface area contributed by atoms with Crippen molar-refractivity contribution in [1.29, 1.82) is 0 Å². The molecule has 0 fully saturated rings. The number of alkyl halides is 3. The molecule has 1 aromatic heterocycles. The molecular formula is C19H16F3IN4O. The number of rotatable bonds is 5. The van der Waals surface area contributed by atoms with E-state index in [0.717, 1.165) is 15.5 Å². The zero-order valence-corrected chi connectivity index (χ0v) is 17.1. The molecule has 0 aliphatic rings. The molecule has 146 valence electrons. The number of methoxy groups -OCH3 is 1. The molecule has 0 aliphatic carbocycles. The number of nitrogens with one attached hydrogen (secondary N) is 1. The summed E-state index contributed by atoms with van der Waals surface area (Å²) in [6.45, 7) is 0. The zero-order chi connectivity index (χ0) is 20.3. The summed E-state index contributed by atoms with van der Waals surface area (Å²) in [5.74, 6) is 0.425. The first kappa shape index (κ1) is 20.2. The molecule has 0 amide bonds. The fourth-order valence-corrected chi connectivity index (χ4v) is 2.79. The van der Waals surface area contributed by atoms with Crippen molar-refractivity contribution in [1.82, 2.24) is 9.97 Å². The van der Waals surface area contributed by atoms with Crippen molar-refractivity contribution in [2.24, 2.45) is 0 Å². The summed E-state index contributed by atoms with van der Waals surface area (Å²) in [6, 6.07) is 14.0. The molecule has 5 nitrogen and oxygen atoms in total. The van der Waals surface area contributed by atoms with Gasteiger partial charge in [0.05, 0.1) is 7.11 Å². The van der Waals surface area contributed by atoms with E-state index in [1.807, 2.05) is 24.3 Å². The predicted octanol–water partition coefficient (Wildman–Crippen LogP) is 5.62. The van der Waals surface area contributed by atoms with Gasteiger partial charge in [0, 0.05) is 28.2 Å². The molecule has 1 N–H and O–H groups in total. The Kier molecular flexibility index (Phi) is 5.92. The van der Waals surface area contributed by atoms with Crippen molar-refractivity contribution in [3.63, 3.8) is 0 Å². The standard InChI is InChI=1S/C19H16F3IN4O/c1-27(14-7-3-12(23)4-8-14)18-24-11-16(19(20,21)22)17(26-18)25-13-5-9-15(28-2)10-6-13/h3-11H,1-2H3,(H,24,25,26). The van der Waals surface area contributed by atoms with Crippen LogP contribution in [0.25, 0.3) is 0 Å². The lowest BCUT2D eigenvalue weighted by Crippen LogP contribution is -2.17. The third-order valence-electron chi connectivity index (χ3n) is 3.95. The topological polar surface area (TPSA) is 50.3 Å². The van der Waals surface area contributed by atoms with Crippen LogP contribution in [0.2, 0.25) is 0 Å². The van der Waals surface area contributed by atoms with Gasteiger partial charge in [-0.15, -0.1) is 0 Å². The molecule has 3 rings (SSSR count). The van der Waals surface area contributed by atoms with Gasteiger partial charge < -0.3 is 15.0 Å². The van der Waals surface area contributed by atoms with Crippen molar-refractivity contribution in [3.8, 4) is 5.75 Å². The summed E-state index contributed by atoms with van der Waals surface area (Å²) in [5, 5.41) is 2.73. The molecular weight excluding hydrogens is 484 g/mol. The predicted molar refractivity (Wildman–Crippen MR) is 111 cm³/mol. The normalized spacial score (nSPS) is 11.2. The molecule has 1 heterocycles. The van der Waals surface area contributed by atoms with E-state index in [-0.39, 0.29) is 11.8 Å². The van der Waals surface area contributed by atoms with Crippen molar-refractivity contribution in [2.75, 3.05) is 24.4 Å². The first-order chi connectivity index (χ1) is 13.3. The van der Waals surface area contributed by atoms with Gasteiger partial charge in [-0.1, -0.05) is 0 Å². The minimum Gasteiger partial charge on any atom is -0.497 e. The molecule has 9 heteroatoms. The van der Waals surface area contributed by atoms with Crippen LogP contribution < -0.4 is 15.0 Å². The van der Waals surface area contributed by atoms with Crippen LogP contribution in [0.4, 0.5) is 36.3 Å². The zero-order valence-electron chi connectivity index (χ0n) is 15.0. The number of hydrogen-bond donors (Lipinski definition) is 1. The Hall–Kier alpha value is -2.56. The number of anilines is 4. The molecule has 0 unspecified atom stereocenters. The van der Waals surface area contributed by atoms with Gasteiger partial charge in [0.25, 0.3) is 0 Å². The lowest BCUT2D eigenvalue weighted by Gasteiger charge is -2.20. The summed E-state index contributed by atoms with van der Waals surface area (Å²) >= 11 is 2.18. The van der Waals surface area contributed by atoms with Gasteiger partial charge in [-0.3, -0.25) is 0 Å². The smallest absolute Gasteiger partial charge is 0.421 e. The maximum atomic E-state index is 13.4. The summed E-state index contributed by atoms with van der Waals surface area (Å²) in [6.07, 6.45) is -3.80. The molecule has 2 aromatic carbocycles. The van der Waals surface area contributed by atoms with E-state index >= 15 is 0 Å². The van der Waals surface area contributed by atoms with Gasteiger partial charge in [-0.25, -0.2) is 4.98 Å². The van der Waals surface area contributed by atoms with Gasteiger partial charge in [0.15, 0.2) is 0 Å². The van der Waals surface area contributed by atoms with Crippen LogP contribution in [0.5, 0.6) is 5.75 Å². The summed E-state index contributed by atoms with van der Waals surface area (Å²) in [4.78, 5) is 9.65. The lowest BCUT2D eigenvalue weighted by atomic mass is 10.2. The average Bonchev–Trinajstić information content (AvgIpc) is 2.68. The Bertz CT molecular complexity index is 947. The molecule has 0 saturated carbocycles. The van der Waals surface area contributed by atoms with Crippen LogP contribution in [-0.2, 0) is 6.18 Å². The maximum Gasteiger partial charge on any atom is 0.421 e. The van der Waals surface area contributed by atoms with Crippen LogP contribution in [0.3, 0.4) is 0 Å². The largest absolute Gasteiger partial charge is 0.497 e. The summed E-state index contributed by atoms with van der Waals surface area (Å²) < 4.78 is 46.4. The first-order valence-electron chi connectivity index (χ1n) is 8.12. The monoisotopic (exact) mass is 500 g/mol. The van der Waals surface area contributed by atoms with Gasteiger partial charge in [0.1, 0.15) is 17.1 Å². The van der Waals surface area contributed by atoms with E-state index in [1.54, 1.807) is 36.2 Å². The molecule has 0 radical (unpaired) electrons. The van der Waals surface area contributed by atoms with Crippen LogP contribution >= 0.6 is 22.6 Å². The Morgan fingerprint density at radius 3 is 2.25 bits per heavy atom. The highest BCUT2D eigenvalue weighted by Gasteiger charge is 2.35. The Balaban J connectivity index is 1.97. The quantitative estimate of drug-likeness (QED) is 0.461. The van der Waals surface area contributed by atoms with Crippen LogP contribution in [-0.4, -0.2) is 24.1 Å². The number of ether oxygens (including phenoxy) is 1. The van der Waals surface area contributed by atoms with Crippen molar-refractivity contribution >= 4 is 45.7 Å². The molecule has 3 aromatic rings. The van der Waals surface area contributed by atoms with Crippen molar-refractivity contribution < 1.29 is 17.9 Å². The Morgan fingerprint density at radius 2 is 1.68 bits per heavy atom. The van der Waals surface area contributed by atoms with E-state index in [4.69, 9.17) is 4.74 Å². The third kappa shape index (κ3) is 4.64. The van der Waals surface area contributed by atoms with Gasteiger partial charge in [-0.2, -0.15) is 18.2 Å². The fraction of sp³-hybridized carbons (Fsp3) is 0.158. The summed E-state index contributed by atoms with van der Waals surface area (Å²) in [7, 11) is 3.21. The SMILES string of the molecule is COc1ccc(Nc2nc(N(C)c3ccc(I)cc3)ncc2C(F)(F)F)cc1. The van der Waals surface area contributed by atoms with Crippen molar-refractivity contribution in [3.05, 3.63) is 63.9 Å². The van der Waals surface area contributed by atoms with Crippen molar-refractivity contribution in [2.45, 2.75) is 6.18 Å². The number of nitrogens with zero attached hydrogens (tertiary/aromatic N) is 3. The van der Waals surface area contributed by atoms with Crippen LogP contribution in [0.1, 0.15) is 5.56 Å². The van der Waals surface area contributed by atoms with E-state index in [9.17, 15) is 13.2 Å². The molecule has 0 saturated heterocycles. The second-order valence-electron chi connectivity index (χ2n) is 5.82. The Labute approximate surface area is 173 Å². The van der Waals surface area contributed by atoms with Gasteiger partial charge in [-0.05, 0) is 71.1 Å². The first-order valence-corrected chi connectivity index (χ1v) is 9.20.